The summed E-state index contributed by atoms with van der Waals surface area (Å²) in [5.74, 6) is 0.394. The van der Waals surface area contributed by atoms with Crippen LogP contribution in [-0.4, -0.2) is 16.2 Å². The number of nitrogens with one attached hydrogen (secondary N) is 1. The van der Waals surface area contributed by atoms with Crippen molar-refractivity contribution >= 4 is 28.0 Å². The average Bonchev–Trinajstić information content (AvgIpc) is 2.45. The zero-order valence-corrected chi connectivity index (χ0v) is 11.0. The first kappa shape index (κ1) is 11.8. The number of nitrogens with zero attached hydrogens (tertiary/aromatic N) is 2. The van der Waals surface area contributed by atoms with Crippen LogP contribution in [0.3, 0.4) is 0 Å². The Kier molecular flexibility index (Phi) is 2.75. The minimum atomic E-state index is 0.394. The van der Waals surface area contributed by atoms with Gasteiger partial charge in [-0.1, -0.05) is 38.1 Å². The third-order valence-corrected chi connectivity index (χ3v) is 3.30. The largest absolute Gasteiger partial charge is 0.307 e. The van der Waals surface area contributed by atoms with Crippen LogP contribution >= 0.6 is 0 Å². The summed E-state index contributed by atoms with van der Waals surface area (Å²) in [5, 5.41) is 9.48. The molecular formula is C16H15N3. The zero-order valence-electron chi connectivity index (χ0n) is 11.0. The Morgan fingerprint density at radius 2 is 1.47 bits per heavy atom. The van der Waals surface area contributed by atoms with Crippen molar-refractivity contribution in [3.8, 4) is 0 Å². The minimum absolute atomic E-state index is 0.394. The molecule has 2 heterocycles. The van der Waals surface area contributed by atoms with Crippen LogP contribution in [0.4, 0.5) is 0 Å². The summed E-state index contributed by atoms with van der Waals surface area (Å²) in [6.45, 7) is 4.27. The molecule has 0 spiro atoms. The van der Waals surface area contributed by atoms with Crippen LogP contribution in [0.2, 0.25) is 0 Å². The van der Waals surface area contributed by atoms with Gasteiger partial charge in [-0.2, -0.15) is 0 Å². The maximum Gasteiger partial charge on any atom is 0.0972 e. The Bertz CT molecular complexity index is 775. The Morgan fingerprint density at radius 3 is 2.11 bits per heavy atom. The molecule has 0 aliphatic carbocycles. The van der Waals surface area contributed by atoms with Crippen molar-refractivity contribution in [3.05, 3.63) is 47.8 Å². The molecule has 3 nitrogen and oxygen atoms in total. The van der Waals surface area contributed by atoms with E-state index in [2.05, 4.69) is 43.1 Å². The first-order valence-corrected chi connectivity index (χ1v) is 6.40. The van der Waals surface area contributed by atoms with Gasteiger partial charge in [0.05, 0.1) is 16.7 Å². The summed E-state index contributed by atoms with van der Waals surface area (Å²) >= 11 is 0. The SMILES string of the molecule is CC(C)c1ccc2ccc3ccc(C=N)nc3c2n1. The van der Waals surface area contributed by atoms with Crippen LogP contribution in [0.1, 0.15) is 31.2 Å². The molecule has 0 atom stereocenters. The molecule has 3 rings (SSSR count). The summed E-state index contributed by atoms with van der Waals surface area (Å²) in [5.41, 5.74) is 3.53. The molecule has 1 N–H and O–H groups in total. The second-order valence-corrected chi connectivity index (χ2v) is 4.98. The third-order valence-electron chi connectivity index (χ3n) is 3.30. The van der Waals surface area contributed by atoms with E-state index >= 15 is 0 Å². The standard InChI is InChI=1S/C16H15N3/c1-10(2)14-8-6-12-4-3-11-5-7-13(9-17)18-15(11)16(12)19-14/h3-10,17H,1-2H3. The van der Waals surface area contributed by atoms with Crippen molar-refractivity contribution in [2.75, 3.05) is 0 Å². The second-order valence-electron chi connectivity index (χ2n) is 4.98. The number of pyridine rings is 2. The van der Waals surface area contributed by atoms with E-state index in [4.69, 9.17) is 10.4 Å². The van der Waals surface area contributed by atoms with Crippen LogP contribution in [0, 0.1) is 5.41 Å². The zero-order chi connectivity index (χ0) is 13.4. The normalized spacial score (nSPS) is 11.3. The lowest BCUT2D eigenvalue weighted by Gasteiger charge is -2.08. The molecule has 0 amide bonds. The van der Waals surface area contributed by atoms with Crippen molar-refractivity contribution in [1.82, 2.24) is 9.97 Å². The lowest BCUT2D eigenvalue weighted by atomic mass is 10.1. The van der Waals surface area contributed by atoms with Gasteiger partial charge in [-0.3, -0.25) is 4.98 Å². The van der Waals surface area contributed by atoms with E-state index in [9.17, 15) is 0 Å². The molecule has 94 valence electrons. The summed E-state index contributed by atoms with van der Waals surface area (Å²) in [4.78, 5) is 9.26. The highest BCUT2D eigenvalue weighted by Gasteiger charge is 2.07. The molecule has 0 aliphatic heterocycles. The van der Waals surface area contributed by atoms with Crippen molar-refractivity contribution in [1.29, 1.82) is 5.41 Å². The number of hydrogen-bond donors (Lipinski definition) is 1. The minimum Gasteiger partial charge on any atom is -0.307 e. The number of aromatic nitrogens is 2. The number of benzene rings is 1. The maximum absolute atomic E-state index is 7.33. The molecule has 0 fully saturated rings. The van der Waals surface area contributed by atoms with Gasteiger partial charge in [0.25, 0.3) is 0 Å². The molecular weight excluding hydrogens is 234 g/mol. The fourth-order valence-electron chi connectivity index (χ4n) is 2.20. The summed E-state index contributed by atoms with van der Waals surface area (Å²) in [6, 6.07) is 12.1. The third kappa shape index (κ3) is 1.97. The highest BCUT2D eigenvalue weighted by Crippen LogP contribution is 2.24. The van der Waals surface area contributed by atoms with Gasteiger partial charge in [0, 0.05) is 22.7 Å². The van der Waals surface area contributed by atoms with Gasteiger partial charge in [0.15, 0.2) is 0 Å². The lowest BCUT2D eigenvalue weighted by molar-refractivity contribution is 0.830. The lowest BCUT2D eigenvalue weighted by Crippen LogP contribution is -1.95. The quantitative estimate of drug-likeness (QED) is 0.553. The van der Waals surface area contributed by atoms with Crippen molar-refractivity contribution < 1.29 is 0 Å². The van der Waals surface area contributed by atoms with E-state index in [0.29, 0.717) is 11.6 Å². The monoisotopic (exact) mass is 249 g/mol. The summed E-state index contributed by atoms with van der Waals surface area (Å²) in [7, 11) is 0. The van der Waals surface area contributed by atoms with E-state index in [-0.39, 0.29) is 0 Å². The van der Waals surface area contributed by atoms with Crippen LogP contribution < -0.4 is 0 Å². The van der Waals surface area contributed by atoms with Crippen LogP contribution in [0.15, 0.2) is 36.4 Å². The topological polar surface area (TPSA) is 49.6 Å². The molecule has 19 heavy (non-hydrogen) atoms. The van der Waals surface area contributed by atoms with Gasteiger partial charge in [0.2, 0.25) is 0 Å². The molecule has 0 aliphatic rings. The summed E-state index contributed by atoms with van der Waals surface area (Å²) in [6.07, 6.45) is 1.27. The molecule has 0 radical (unpaired) electrons. The van der Waals surface area contributed by atoms with Gasteiger partial charge in [-0.05, 0) is 18.1 Å². The van der Waals surface area contributed by atoms with E-state index in [0.717, 1.165) is 27.5 Å². The molecule has 3 aromatic rings. The van der Waals surface area contributed by atoms with Crippen molar-refractivity contribution in [2.45, 2.75) is 19.8 Å². The van der Waals surface area contributed by atoms with Crippen LogP contribution in [-0.2, 0) is 0 Å². The molecule has 0 saturated carbocycles. The van der Waals surface area contributed by atoms with Crippen LogP contribution in [0.5, 0.6) is 0 Å². The van der Waals surface area contributed by atoms with E-state index in [1.807, 2.05) is 12.1 Å². The first-order valence-electron chi connectivity index (χ1n) is 6.40. The fraction of sp³-hybridized carbons (Fsp3) is 0.188. The molecule has 1 aromatic carbocycles. The molecule has 0 bridgehead atoms. The van der Waals surface area contributed by atoms with Gasteiger partial charge < -0.3 is 5.41 Å². The summed E-state index contributed by atoms with van der Waals surface area (Å²) < 4.78 is 0. The Balaban J connectivity index is 2.41. The first-order chi connectivity index (χ1) is 9.19. The Hall–Kier alpha value is -2.29. The molecule has 0 unspecified atom stereocenters. The Morgan fingerprint density at radius 1 is 0.895 bits per heavy atom. The van der Waals surface area contributed by atoms with E-state index in [1.165, 1.54) is 6.21 Å². The van der Waals surface area contributed by atoms with Gasteiger partial charge in [0.1, 0.15) is 0 Å². The molecule has 2 aromatic heterocycles. The molecule has 3 heteroatoms. The highest BCUT2D eigenvalue weighted by atomic mass is 14.8. The highest BCUT2D eigenvalue weighted by molar-refractivity contribution is 6.03. The number of fused-ring (bicyclic) bond motifs is 3. The number of rotatable bonds is 2. The van der Waals surface area contributed by atoms with E-state index in [1.54, 1.807) is 0 Å². The predicted octanol–water partition coefficient (Wildman–Crippen LogP) is 3.90. The maximum atomic E-state index is 7.33. The average molecular weight is 249 g/mol. The predicted molar refractivity (Wildman–Crippen MR) is 79.0 cm³/mol. The molecule has 0 saturated heterocycles. The second kappa shape index (κ2) is 4.43. The Labute approximate surface area is 111 Å². The van der Waals surface area contributed by atoms with Gasteiger partial charge in [-0.25, -0.2) is 4.98 Å². The van der Waals surface area contributed by atoms with Crippen molar-refractivity contribution in [3.63, 3.8) is 0 Å². The smallest absolute Gasteiger partial charge is 0.0972 e. The van der Waals surface area contributed by atoms with Gasteiger partial charge in [-0.15, -0.1) is 0 Å². The van der Waals surface area contributed by atoms with E-state index < -0.39 is 0 Å². The van der Waals surface area contributed by atoms with Crippen LogP contribution in [0.25, 0.3) is 21.8 Å². The number of hydrogen-bond acceptors (Lipinski definition) is 3. The van der Waals surface area contributed by atoms with Crippen molar-refractivity contribution in [2.24, 2.45) is 0 Å². The fourth-order valence-corrected chi connectivity index (χ4v) is 2.20. The van der Waals surface area contributed by atoms with Gasteiger partial charge >= 0.3 is 0 Å².